The molecule has 1 N–H and O–H groups in total. The molecule has 0 saturated carbocycles. The van der Waals surface area contributed by atoms with Gasteiger partial charge in [0.2, 0.25) is 0 Å². The zero-order valence-corrected chi connectivity index (χ0v) is 22.4. The standard InChI is InChI=1S/C33H30N2O5/c1-22(36)40-28-15-9-14-27-30(28)32(37)29(31(34-27)26-12-7-4-8-13-26)25-18-16-23(17-19-25)20-35(2)33(38)39-21-24-10-5-3-6-11-24/h3-19,29,31,34H,20-21H2,1-2H3. The van der Waals surface area contributed by atoms with Crippen LogP contribution in [-0.4, -0.2) is 29.8 Å². The Kier molecular flexibility index (Phi) is 7.92. The van der Waals surface area contributed by atoms with E-state index in [-0.39, 0.29) is 24.2 Å². The lowest BCUT2D eigenvalue weighted by Gasteiger charge is -2.35. The Morgan fingerprint density at radius 3 is 2.15 bits per heavy atom. The van der Waals surface area contributed by atoms with Gasteiger partial charge < -0.3 is 19.7 Å². The average Bonchev–Trinajstić information content (AvgIpc) is 2.97. The number of carbonyl (C=O) groups excluding carboxylic acids is 3. The van der Waals surface area contributed by atoms with Crippen molar-refractivity contribution in [3.63, 3.8) is 0 Å². The summed E-state index contributed by atoms with van der Waals surface area (Å²) < 4.78 is 10.8. The molecule has 2 unspecified atom stereocenters. The number of nitrogens with one attached hydrogen (secondary N) is 1. The van der Waals surface area contributed by atoms with Crippen LogP contribution in [0.25, 0.3) is 0 Å². The number of rotatable bonds is 7. The summed E-state index contributed by atoms with van der Waals surface area (Å²) in [6.07, 6.45) is -0.418. The largest absolute Gasteiger partial charge is 0.445 e. The van der Waals surface area contributed by atoms with Gasteiger partial charge in [0.25, 0.3) is 0 Å². The number of anilines is 1. The normalized spacial score (nSPS) is 15.9. The summed E-state index contributed by atoms with van der Waals surface area (Å²) >= 11 is 0. The van der Waals surface area contributed by atoms with Crippen molar-refractivity contribution in [3.8, 4) is 5.75 Å². The Hall–Kier alpha value is -4.91. The van der Waals surface area contributed by atoms with E-state index in [1.165, 1.54) is 11.8 Å². The van der Waals surface area contributed by atoms with Gasteiger partial charge in [-0.25, -0.2) is 4.79 Å². The number of Topliss-reactive ketones (excluding diaryl/α,β-unsaturated/α-hetero) is 1. The number of benzene rings is 4. The van der Waals surface area contributed by atoms with Crippen molar-refractivity contribution in [1.82, 2.24) is 4.90 Å². The van der Waals surface area contributed by atoms with Crippen LogP contribution in [0.3, 0.4) is 0 Å². The number of fused-ring (bicyclic) bond motifs is 1. The molecule has 202 valence electrons. The van der Waals surface area contributed by atoms with E-state index in [9.17, 15) is 14.4 Å². The highest BCUT2D eigenvalue weighted by Crippen LogP contribution is 2.45. The molecule has 1 aliphatic heterocycles. The maximum atomic E-state index is 14.0. The molecule has 1 aliphatic rings. The summed E-state index contributed by atoms with van der Waals surface area (Å²) in [6, 6.07) is 31.9. The zero-order valence-electron chi connectivity index (χ0n) is 22.4. The van der Waals surface area contributed by atoms with Gasteiger partial charge in [0.1, 0.15) is 12.4 Å². The summed E-state index contributed by atoms with van der Waals surface area (Å²) in [5.41, 5.74) is 4.59. The van der Waals surface area contributed by atoms with Gasteiger partial charge >= 0.3 is 12.1 Å². The molecule has 0 aliphatic carbocycles. The molecule has 4 aromatic carbocycles. The molecule has 5 rings (SSSR count). The van der Waals surface area contributed by atoms with Gasteiger partial charge in [-0.15, -0.1) is 0 Å². The first kappa shape index (κ1) is 26.7. The predicted molar refractivity (Wildman–Crippen MR) is 152 cm³/mol. The first-order valence-electron chi connectivity index (χ1n) is 13.1. The first-order valence-corrected chi connectivity index (χ1v) is 13.1. The third-order valence-corrected chi connectivity index (χ3v) is 6.89. The fourth-order valence-corrected chi connectivity index (χ4v) is 4.98. The van der Waals surface area contributed by atoms with Gasteiger partial charge in [0.15, 0.2) is 5.78 Å². The third kappa shape index (κ3) is 5.89. The molecule has 7 heteroatoms. The Labute approximate surface area is 233 Å². The average molecular weight is 535 g/mol. The van der Waals surface area contributed by atoms with Crippen LogP contribution < -0.4 is 10.1 Å². The summed E-state index contributed by atoms with van der Waals surface area (Å²) in [4.78, 5) is 39.8. The van der Waals surface area contributed by atoms with Crippen LogP contribution in [0.5, 0.6) is 5.75 Å². The monoisotopic (exact) mass is 534 g/mol. The number of amides is 1. The van der Waals surface area contributed by atoms with Gasteiger partial charge in [0, 0.05) is 26.2 Å². The second-order valence-corrected chi connectivity index (χ2v) is 9.78. The van der Waals surface area contributed by atoms with Crippen molar-refractivity contribution < 1.29 is 23.9 Å². The molecule has 2 atom stereocenters. The minimum Gasteiger partial charge on any atom is -0.445 e. The fraction of sp³-hybridized carbons (Fsp3) is 0.182. The van der Waals surface area contributed by atoms with Gasteiger partial charge in [-0.2, -0.15) is 0 Å². The van der Waals surface area contributed by atoms with Crippen LogP contribution in [0, 0.1) is 0 Å². The minimum absolute atomic E-state index is 0.131. The lowest BCUT2D eigenvalue weighted by atomic mass is 9.78. The molecule has 0 fully saturated rings. The Balaban J connectivity index is 1.38. The molecule has 0 aromatic heterocycles. The minimum atomic E-state index is -0.561. The SMILES string of the molecule is CC(=O)Oc1cccc2c1C(=O)C(c1ccc(CN(C)C(=O)OCc3ccccc3)cc1)C(c1ccccc1)N2. The highest BCUT2D eigenvalue weighted by Gasteiger charge is 2.39. The molecule has 1 heterocycles. The van der Waals surface area contributed by atoms with E-state index in [4.69, 9.17) is 9.47 Å². The topological polar surface area (TPSA) is 84.9 Å². The molecule has 0 bridgehead atoms. The number of hydrogen-bond donors (Lipinski definition) is 1. The smallest absolute Gasteiger partial charge is 0.410 e. The Bertz CT molecular complexity index is 1500. The zero-order chi connectivity index (χ0) is 28.1. The molecular formula is C33H30N2O5. The number of hydrogen-bond acceptors (Lipinski definition) is 6. The van der Waals surface area contributed by atoms with Gasteiger partial charge in [-0.1, -0.05) is 91.0 Å². The van der Waals surface area contributed by atoms with E-state index in [2.05, 4.69) is 5.32 Å². The molecule has 7 nitrogen and oxygen atoms in total. The Morgan fingerprint density at radius 1 is 0.800 bits per heavy atom. The lowest BCUT2D eigenvalue weighted by Crippen LogP contribution is -2.32. The van der Waals surface area contributed by atoms with Crippen molar-refractivity contribution in [1.29, 1.82) is 0 Å². The van der Waals surface area contributed by atoms with Crippen molar-refractivity contribution in [2.24, 2.45) is 0 Å². The van der Waals surface area contributed by atoms with E-state index in [1.54, 1.807) is 19.2 Å². The molecule has 0 spiro atoms. The third-order valence-electron chi connectivity index (χ3n) is 6.89. The number of carbonyl (C=O) groups is 3. The maximum Gasteiger partial charge on any atom is 0.410 e. The van der Waals surface area contributed by atoms with Crippen molar-refractivity contribution in [3.05, 3.63) is 131 Å². The molecule has 4 aromatic rings. The molecule has 0 saturated heterocycles. The quantitative estimate of drug-likeness (QED) is 0.215. The van der Waals surface area contributed by atoms with E-state index in [0.717, 1.165) is 22.3 Å². The number of ether oxygens (including phenoxy) is 2. The maximum absolute atomic E-state index is 14.0. The summed E-state index contributed by atoms with van der Waals surface area (Å²) in [5, 5.41) is 3.51. The van der Waals surface area contributed by atoms with E-state index < -0.39 is 18.0 Å². The van der Waals surface area contributed by atoms with Crippen molar-refractivity contribution in [2.45, 2.75) is 32.0 Å². The molecule has 1 amide bonds. The lowest BCUT2D eigenvalue weighted by molar-refractivity contribution is -0.131. The Morgan fingerprint density at radius 2 is 1.48 bits per heavy atom. The number of esters is 1. The second kappa shape index (κ2) is 11.9. The van der Waals surface area contributed by atoms with E-state index >= 15 is 0 Å². The van der Waals surface area contributed by atoms with E-state index in [1.807, 2.05) is 91.0 Å². The molecule has 0 radical (unpaired) electrons. The summed E-state index contributed by atoms with van der Waals surface area (Å²) in [5.74, 6) is -0.937. The van der Waals surface area contributed by atoms with Gasteiger partial charge in [0.05, 0.1) is 17.5 Å². The first-order chi connectivity index (χ1) is 19.4. The highest BCUT2D eigenvalue weighted by atomic mass is 16.6. The van der Waals surface area contributed by atoms with Gasteiger partial charge in [-0.3, -0.25) is 9.59 Å². The summed E-state index contributed by atoms with van der Waals surface area (Å²) in [7, 11) is 1.69. The van der Waals surface area contributed by atoms with Crippen molar-refractivity contribution in [2.75, 3.05) is 12.4 Å². The highest BCUT2D eigenvalue weighted by molar-refractivity contribution is 6.10. The van der Waals surface area contributed by atoms with Crippen LogP contribution in [0.4, 0.5) is 10.5 Å². The van der Waals surface area contributed by atoms with E-state index in [0.29, 0.717) is 17.8 Å². The predicted octanol–water partition coefficient (Wildman–Crippen LogP) is 6.51. The second-order valence-electron chi connectivity index (χ2n) is 9.78. The number of nitrogens with zero attached hydrogens (tertiary/aromatic N) is 1. The van der Waals surface area contributed by atoms with Crippen LogP contribution in [-0.2, 0) is 22.7 Å². The van der Waals surface area contributed by atoms with Crippen LogP contribution in [0.2, 0.25) is 0 Å². The number of ketones is 1. The van der Waals surface area contributed by atoms with Crippen LogP contribution >= 0.6 is 0 Å². The van der Waals surface area contributed by atoms with Gasteiger partial charge in [-0.05, 0) is 34.4 Å². The fourth-order valence-electron chi connectivity index (χ4n) is 4.98. The summed E-state index contributed by atoms with van der Waals surface area (Å²) in [6.45, 7) is 1.88. The van der Waals surface area contributed by atoms with Crippen LogP contribution in [0.1, 0.15) is 51.5 Å². The van der Waals surface area contributed by atoms with Crippen molar-refractivity contribution >= 4 is 23.5 Å². The molecule has 40 heavy (non-hydrogen) atoms. The molecular weight excluding hydrogens is 504 g/mol. The van der Waals surface area contributed by atoms with Crippen LogP contribution in [0.15, 0.2) is 103 Å².